The Bertz CT molecular complexity index is 1090. The van der Waals surface area contributed by atoms with Crippen LogP contribution in [0.3, 0.4) is 0 Å². The fourth-order valence-electron chi connectivity index (χ4n) is 9.50. The fourth-order valence-corrected chi connectivity index (χ4v) is 9.98. The first-order valence-electron chi connectivity index (χ1n) is 14.5. The quantitative estimate of drug-likeness (QED) is 0.0993. The standard InChI is InChI=1S/C28H48O11S.Na/c1-12(2)13(3)22(31)23(32)14(4)17-10-18(29)21-15-9-20(30)28(35)25(34)24(33)19(39-40(36,37)38)11-27(28,6)16(15)7-8-26(17,21)5;/h12-17,19-25,30-35H,7-11H2,1-6H3,(H,36,37,38);/q;+1/p-1/t13-,14+,15-,16+,17-,19+,20-,21+,22-,23-,24-,25-,26-,27-,28-;/m1./s1. The molecule has 0 aliphatic heterocycles. The van der Waals surface area contributed by atoms with Crippen molar-refractivity contribution < 1.29 is 82.1 Å². The molecule has 0 amide bonds. The number of carbonyl (C=O) groups is 1. The number of aliphatic hydroxyl groups is 6. The van der Waals surface area contributed by atoms with E-state index in [1.165, 1.54) is 0 Å². The second-order valence-electron chi connectivity index (χ2n) is 14.2. The molecule has 0 bridgehead atoms. The molecule has 0 spiro atoms. The second-order valence-corrected chi connectivity index (χ2v) is 15.2. The molecule has 11 nitrogen and oxygen atoms in total. The molecule has 4 saturated carbocycles. The van der Waals surface area contributed by atoms with Crippen LogP contribution in [0.2, 0.25) is 0 Å². The molecule has 6 N–H and O–H groups in total. The van der Waals surface area contributed by atoms with Crippen LogP contribution in [0.5, 0.6) is 0 Å². The zero-order valence-electron chi connectivity index (χ0n) is 25.2. The summed E-state index contributed by atoms with van der Waals surface area (Å²) in [5.41, 5.74) is -4.18. The van der Waals surface area contributed by atoms with Crippen molar-refractivity contribution in [2.75, 3.05) is 0 Å². The van der Waals surface area contributed by atoms with Gasteiger partial charge in [0.15, 0.2) is 0 Å². The fraction of sp³-hybridized carbons (Fsp3) is 0.964. The molecule has 0 saturated heterocycles. The minimum atomic E-state index is -5.25. The van der Waals surface area contributed by atoms with Gasteiger partial charge in [0.1, 0.15) is 29.7 Å². The maximum atomic E-state index is 13.7. The monoisotopic (exact) mass is 614 g/mol. The predicted molar refractivity (Wildman–Crippen MR) is 141 cm³/mol. The van der Waals surface area contributed by atoms with Gasteiger partial charge in [-0.1, -0.05) is 41.5 Å². The van der Waals surface area contributed by atoms with Crippen LogP contribution in [0, 0.1) is 52.3 Å². The van der Waals surface area contributed by atoms with Crippen molar-refractivity contribution >= 4 is 16.2 Å². The van der Waals surface area contributed by atoms with Gasteiger partial charge in [-0.25, -0.2) is 8.42 Å². The largest absolute Gasteiger partial charge is 1.00 e. The molecule has 13 heteroatoms. The van der Waals surface area contributed by atoms with Gasteiger partial charge in [0, 0.05) is 17.8 Å². The molecule has 0 radical (unpaired) electrons. The first-order valence-corrected chi connectivity index (χ1v) is 15.8. The van der Waals surface area contributed by atoms with Crippen molar-refractivity contribution in [1.82, 2.24) is 0 Å². The molecule has 0 aromatic carbocycles. The summed E-state index contributed by atoms with van der Waals surface area (Å²) < 4.78 is 38.8. The van der Waals surface area contributed by atoms with Gasteiger partial charge >= 0.3 is 29.6 Å². The van der Waals surface area contributed by atoms with E-state index in [1.54, 1.807) is 6.92 Å². The Morgan fingerprint density at radius 1 is 1.05 bits per heavy atom. The summed E-state index contributed by atoms with van der Waals surface area (Å²) in [5.74, 6) is -2.09. The Morgan fingerprint density at radius 3 is 2.17 bits per heavy atom. The number of fused-ring (bicyclic) bond motifs is 5. The minimum absolute atomic E-state index is 0. The summed E-state index contributed by atoms with van der Waals surface area (Å²) in [4.78, 5) is 13.7. The van der Waals surface area contributed by atoms with Crippen LogP contribution in [0.1, 0.15) is 73.6 Å². The van der Waals surface area contributed by atoms with Gasteiger partial charge in [0.25, 0.3) is 0 Å². The molecule has 4 aliphatic rings. The van der Waals surface area contributed by atoms with E-state index in [9.17, 15) is 48.4 Å². The summed E-state index contributed by atoms with van der Waals surface area (Å²) in [6, 6.07) is 0. The topological polar surface area (TPSA) is 205 Å². The number of carbonyl (C=O) groups excluding carboxylic acids is 1. The van der Waals surface area contributed by atoms with Crippen molar-refractivity contribution in [2.24, 2.45) is 52.3 Å². The molecule has 0 aromatic heterocycles. The molecule has 4 aliphatic carbocycles. The van der Waals surface area contributed by atoms with E-state index in [0.29, 0.717) is 12.8 Å². The van der Waals surface area contributed by atoms with Crippen LogP contribution in [-0.2, 0) is 19.4 Å². The third-order valence-corrected chi connectivity index (χ3v) is 12.6. The molecule has 4 rings (SSSR count). The van der Waals surface area contributed by atoms with Gasteiger partial charge in [-0.15, -0.1) is 0 Å². The van der Waals surface area contributed by atoms with Crippen molar-refractivity contribution in [3.63, 3.8) is 0 Å². The summed E-state index contributed by atoms with van der Waals surface area (Å²) in [5, 5.41) is 66.7. The Balaban J connectivity index is 0.00000462. The summed E-state index contributed by atoms with van der Waals surface area (Å²) in [6.07, 6.45) is -8.25. The van der Waals surface area contributed by atoms with E-state index in [-0.39, 0.29) is 78.3 Å². The Morgan fingerprint density at radius 2 is 1.63 bits per heavy atom. The molecule has 15 atom stereocenters. The van der Waals surface area contributed by atoms with Crippen molar-refractivity contribution in [3.8, 4) is 0 Å². The van der Waals surface area contributed by atoms with Crippen LogP contribution < -0.4 is 29.6 Å². The van der Waals surface area contributed by atoms with Crippen LogP contribution >= 0.6 is 0 Å². The molecule has 0 heterocycles. The normalized spacial score (nSPS) is 47.4. The van der Waals surface area contributed by atoms with Crippen molar-refractivity contribution in [2.45, 2.75) is 116 Å². The molecular weight excluding hydrogens is 567 g/mol. The predicted octanol–water partition coefficient (Wildman–Crippen LogP) is -2.65. The molecule has 232 valence electrons. The third kappa shape index (κ3) is 5.54. The maximum Gasteiger partial charge on any atom is 1.00 e. The van der Waals surface area contributed by atoms with E-state index in [1.807, 2.05) is 34.6 Å². The van der Waals surface area contributed by atoms with E-state index in [2.05, 4.69) is 4.18 Å². The summed E-state index contributed by atoms with van der Waals surface area (Å²) >= 11 is 0. The maximum absolute atomic E-state index is 13.7. The van der Waals surface area contributed by atoms with Gasteiger partial charge in [-0.05, 0) is 66.6 Å². The van der Waals surface area contributed by atoms with Gasteiger partial charge < -0.3 is 35.2 Å². The van der Waals surface area contributed by atoms with Gasteiger partial charge in [0.05, 0.1) is 18.3 Å². The Hall–Kier alpha value is 0.300. The molecule has 4 fully saturated rings. The number of rotatable bonds is 7. The Kier molecular flexibility index (Phi) is 10.4. The summed E-state index contributed by atoms with van der Waals surface area (Å²) in [7, 11) is -5.25. The minimum Gasteiger partial charge on any atom is -0.726 e. The molecule has 41 heavy (non-hydrogen) atoms. The number of ketones is 1. The Labute approximate surface area is 265 Å². The SMILES string of the molecule is CC(C)[C@@H](C)[C@@H](O)[C@H](O)[C@@H](C)[C@H]1CC(=O)[C@@H]2[C@@H]3C[C@@H](O)[C@@]4(O)[C@H](O)[C@H](O)[C@@H](OS(=O)(=O)[O-])C[C@]4(C)[C@H]3CC[C@]12C.[Na+]. The van der Waals surface area contributed by atoms with Crippen molar-refractivity contribution in [3.05, 3.63) is 0 Å². The van der Waals surface area contributed by atoms with E-state index in [0.717, 1.165) is 0 Å². The molecule has 0 aromatic rings. The van der Waals surface area contributed by atoms with Crippen LogP contribution in [-0.4, -0.2) is 91.6 Å². The molecular formula is C28H47NaO11S. The number of aliphatic hydroxyl groups excluding tert-OH is 5. The zero-order chi connectivity index (χ0) is 30.3. The number of Topliss-reactive ketones (excluding diaryl/α,β-unsaturated/α-hetero) is 1. The van der Waals surface area contributed by atoms with Gasteiger partial charge in [-0.3, -0.25) is 8.98 Å². The van der Waals surface area contributed by atoms with Crippen LogP contribution in [0.4, 0.5) is 0 Å². The van der Waals surface area contributed by atoms with Gasteiger partial charge in [0.2, 0.25) is 10.4 Å². The number of hydrogen-bond donors (Lipinski definition) is 6. The average Bonchev–Trinajstić information content (AvgIpc) is 3.13. The van der Waals surface area contributed by atoms with Gasteiger partial charge in [-0.2, -0.15) is 0 Å². The van der Waals surface area contributed by atoms with E-state index in [4.69, 9.17) is 0 Å². The molecule has 0 unspecified atom stereocenters. The second kappa shape index (κ2) is 11.9. The third-order valence-electron chi connectivity index (χ3n) is 12.1. The van der Waals surface area contributed by atoms with Crippen LogP contribution in [0.15, 0.2) is 0 Å². The first kappa shape index (κ1) is 35.8. The smallest absolute Gasteiger partial charge is 0.726 e. The van der Waals surface area contributed by atoms with E-state index >= 15 is 0 Å². The van der Waals surface area contributed by atoms with Crippen molar-refractivity contribution in [1.29, 1.82) is 0 Å². The zero-order valence-corrected chi connectivity index (χ0v) is 28.0. The van der Waals surface area contributed by atoms with E-state index < -0.39 is 81.2 Å². The summed E-state index contributed by atoms with van der Waals surface area (Å²) in [6.45, 7) is 11.3. The number of hydrogen-bond acceptors (Lipinski definition) is 11. The first-order chi connectivity index (χ1) is 18.2. The average molecular weight is 615 g/mol. The van der Waals surface area contributed by atoms with Crippen LogP contribution in [0.25, 0.3) is 0 Å².